The smallest absolute Gasteiger partial charge is 0.253 e. The van der Waals surface area contributed by atoms with Crippen LogP contribution >= 0.6 is 0 Å². The molecule has 33 heavy (non-hydrogen) atoms. The number of likely N-dealkylation sites (tertiary alicyclic amines) is 1. The third-order valence-electron chi connectivity index (χ3n) is 7.72. The lowest BCUT2D eigenvalue weighted by molar-refractivity contribution is -0.130. The second kappa shape index (κ2) is 9.74. The highest BCUT2D eigenvalue weighted by molar-refractivity contribution is 5.94. The summed E-state index contributed by atoms with van der Waals surface area (Å²) in [6, 6.07) is 18.7. The molecule has 0 N–H and O–H groups in total. The number of nitrogens with zero attached hydrogens (tertiary/aromatic N) is 3. The lowest BCUT2D eigenvalue weighted by Gasteiger charge is -2.50. The van der Waals surface area contributed by atoms with Gasteiger partial charge in [-0.3, -0.25) is 9.69 Å². The van der Waals surface area contributed by atoms with Crippen molar-refractivity contribution in [2.75, 3.05) is 57.9 Å². The van der Waals surface area contributed by atoms with Crippen molar-refractivity contribution in [2.45, 2.75) is 37.3 Å². The van der Waals surface area contributed by atoms with Crippen molar-refractivity contribution in [2.24, 2.45) is 0 Å². The number of piperidine rings is 1. The first-order valence-electron chi connectivity index (χ1n) is 12.3. The molecule has 0 aromatic heterocycles. The third kappa shape index (κ3) is 4.87. The Kier molecular flexibility index (Phi) is 6.56. The van der Waals surface area contributed by atoms with Crippen LogP contribution in [-0.4, -0.2) is 80.3 Å². The number of hydrogen-bond donors (Lipinski definition) is 0. The van der Waals surface area contributed by atoms with Crippen molar-refractivity contribution >= 4 is 11.6 Å². The predicted octanol–water partition coefficient (Wildman–Crippen LogP) is 3.67. The van der Waals surface area contributed by atoms with Crippen molar-refractivity contribution in [3.63, 3.8) is 0 Å². The Balaban J connectivity index is 1.15. The predicted molar refractivity (Wildman–Crippen MR) is 130 cm³/mol. The summed E-state index contributed by atoms with van der Waals surface area (Å²) in [5.41, 5.74) is 1.98. The molecule has 3 fully saturated rings. The number of rotatable bonds is 4. The van der Waals surface area contributed by atoms with Gasteiger partial charge in [0.05, 0.1) is 12.7 Å². The Morgan fingerprint density at radius 2 is 1.64 bits per heavy atom. The van der Waals surface area contributed by atoms with E-state index in [1.807, 2.05) is 29.2 Å². The molecular weight excluding hydrogens is 414 g/mol. The Labute approximate surface area is 197 Å². The first-order valence-corrected chi connectivity index (χ1v) is 12.3. The second-order valence-corrected chi connectivity index (χ2v) is 9.56. The normalized spacial score (nSPS) is 23.5. The van der Waals surface area contributed by atoms with Crippen LogP contribution < -0.4 is 9.64 Å². The average molecular weight is 450 g/mol. The summed E-state index contributed by atoms with van der Waals surface area (Å²) < 4.78 is 11.6. The molecule has 0 radical (unpaired) electrons. The van der Waals surface area contributed by atoms with Crippen LogP contribution in [0.3, 0.4) is 0 Å². The quantitative estimate of drug-likeness (QED) is 0.713. The summed E-state index contributed by atoms with van der Waals surface area (Å²) in [6.45, 7) is 6.74. The van der Waals surface area contributed by atoms with E-state index in [0.717, 1.165) is 82.9 Å². The second-order valence-electron chi connectivity index (χ2n) is 9.56. The van der Waals surface area contributed by atoms with Gasteiger partial charge in [0.2, 0.25) is 0 Å². The number of piperazine rings is 1. The van der Waals surface area contributed by atoms with Gasteiger partial charge in [0.25, 0.3) is 5.91 Å². The maximum absolute atomic E-state index is 13.0. The Morgan fingerprint density at radius 1 is 0.939 bits per heavy atom. The molecule has 5 rings (SSSR count). The third-order valence-corrected chi connectivity index (χ3v) is 7.72. The van der Waals surface area contributed by atoms with Crippen LogP contribution in [0.1, 0.15) is 36.0 Å². The van der Waals surface area contributed by atoms with Crippen molar-refractivity contribution in [1.82, 2.24) is 9.80 Å². The maximum Gasteiger partial charge on any atom is 0.253 e. The van der Waals surface area contributed by atoms with Crippen LogP contribution in [0, 0.1) is 0 Å². The minimum absolute atomic E-state index is 0.0732. The fraction of sp³-hybridized carbons (Fsp3) is 0.519. The molecule has 0 unspecified atom stereocenters. The van der Waals surface area contributed by atoms with Gasteiger partial charge in [-0.15, -0.1) is 0 Å². The molecule has 1 atom stereocenters. The van der Waals surface area contributed by atoms with Gasteiger partial charge in [0, 0.05) is 63.2 Å². The molecular formula is C27H35N3O3. The van der Waals surface area contributed by atoms with Gasteiger partial charge in [-0.2, -0.15) is 0 Å². The van der Waals surface area contributed by atoms with Gasteiger partial charge >= 0.3 is 0 Å². The average Bonchev–Trinajstić information content (AvgIpc) is 2.89. The molecule has 6 heteroatoms. The first-order chi connectivity index (χ1) is 16.2. The molecule has 0 saturated carbocycles. The van der Waals surface area contributed by atoms with Gasteiger partial charge in [0.15, 0.2) is 0 Å². The van der Waals surface area contributed by atoms with Crippen molar-refractivity contribution in [3.05, 3.63) is 60.2 Å². The number of methoxy groups -OCH3 is 1. The number of amides is 1. The van der Waals surface area contributed by atoms with E-state index in [4.69, 9.17) is 9.47 Å². The number of carbonyl (C=O) groups is 1. The summed E-state index contributed by atoms with van der Waals surface area (Å²) >= 11 is 0. The van der Waals surface area contributed by atoms with Gasteiger partial charge < -0.3 is 19.3 Å². The molecule has 2 aromatic carbocycles. The van der Waals surface area contributed by atoms with E-state index >= 15 is 0 Å². The highest BCUT2D eigenvalue weighted by Crippen LogP contribution is 2.37. The van der Waals surface area contributed by atoms with Gasteiger partial charge in [-0.25, -0.2) is 0 Å². The number of anilines is 1. The summed E-state index contributed by atoms with van der Waals surface area (Å²) in [5.74, 6) is 0.882. The molecule has 176 valence electrons. The zero-order chi connectivity index (χ0) is 22.7. The standard InChI is InChI=1S/C27H35N3O3/c1-32-25-9-7-22(8-10-25)26(31)30-14-12-27(13-15-30)21-24(11-20-33-27)29-18-16-28(17-19-29)23-5-3-2-4-6-23/h2-10,24H,11-21H2,1H3/t24-/m1/s1. The van der Waals surface area contributed by atoms with E-state index in [2.05, 4.69) is 40.1 Å². The molecule has 6 nitrogen and oxygen atoms in total. The van der Waals surface area contributed by atoms with E-state index in [1.54, 1.807) is 7.11 Å². The number of ether oxygens (including phenoxy) is 2. The maximum atomic E-state index is 13.0. The van der Waals surface area contributed by atoms with E-state index in [1.165, 1.54) is 5.69 Å². The highest BCUT2D eigenvalue weighted by Gasteiger charge is 2.43. The van der Waals surface area contributed by atoms with Crippen LogP contribution in [0.2, 0.25) is 0 Å². The first kappa shape index (κ1) is 22.2. The van der Waals surface area contributed by atoms with E-state index in [9.17, 15) is 4.79 Å². The SMILES string of the molecule is COc1ccc(C(=O)N2CCC3(CC2)C[C@H](N2CCN(c4ccccc4)CC2)CCO3)cc1. The summed E-state index contributed by atoms with van der Waals surface area (Å²) in [6.07, 6.45) is 4.05. The number of benzene rings is 2. The molecule has 0 aliphatic carbocycles. The lowest BCUT2D eigenvalue weighted by atomic mass is 9.81. The van der Waals surface area contributed by atoms with Crippen LogP contribution in [0.4, 0.5) is 5.69 Å². The minimum Gasteiger partial charge on any atom is -0.497 e. The zero-order valence-corrected chi connectivity index (χ0v) is 19.6. The zero-order valence-electron chi connectivity index (χ0n) is 19.6. The Morgan fingerprint density at radius 3 is 2.30 bits per heavy atom. The minimum atomic E-state index is -0.0732. The highest BCUT2D eigenvalue weighted by atomic mass is 16.5. The van der Waals surface area contributed by atoms with Crippen LogP contribution in [-0.2, 0) is 4.74 Å². The van der Waals surface area contributed by atoms with Gasteiger partial charge in [-0.1, -0.05) is 18.2 Å². The molecule has 1 spiro atoms. The largest absolute Gasteiger partial charge is 0.497 e. The van der Waals surface area contributed by atoms with Crippen molar-refractivity contribution in [1.29, 1.82) is 0 Å². The molecule has 2 aromatic rings. The Bertz CT molecular complexity index is 917. The molecule has 3 heterocycles. The van der Waals surface area contributed by atoms with Gasteiger partial charge in [0.1, 0.15) is 5.75 Å². The van der Waals surface area contributed by atoms with Gasteiger partial charge in [-0.05, 0) is 62.1 Å². The van der Waals surface area contributed by atoms with Crippen LogP contribution in [0.25, 0.3) is 0 Å². The van der Waals surface area contributed by atoms with Crippen molar-refractivity contribution < 1.29 is 14.3 Å². The van der Waals surface area contributed by atoms with Crippen LogP contribution in [0.15, 0.2) is 54.6 Å². The fourth-order valence-corrected chi connectivity index (χ4v) is 5.68. The molecule has 3 saturated heterocycles. The summed E-state index contributed by atoms with van der Waals surface area (Å²) in [4.78, 5) is 20.1. The van der Waals surface area contributed by atoms with E-state index < -0.39 is 0 Å². The van der Waals surface area contributed by atoms with E-state index in [-0.39, 0.29) is 11.5 Å². The number of carbonyl (C=O) groups excluding carboxylic acids is 1. The summed E-state index contributed by atoms with van der Waals surface area (Å²) in [7, 11) is 1.64. The molecule has 3 aliphatic rings. The van der Waals surface area contributed by atoms with Crippen molar-refractivity contribution in [3.8, 4) is 5.75 Å². The molecule has 3 aliphatic heterocycles. The summed E-state index contributed by atoms with van der Waals surface area (Å²) in [5, 5.41) is 0. The monoisotopic (exact) mass is 449 g/mol. The number of para-hydroxylation sites is 1. The van der Waals surface area contributed by atoms with E-state index in [0.29, 0.717) is 6.04 Å². The molecule has 1 amide bonds. The topological polar surface area (TPSA) is 45.2 Å². The van der Waals surface area contributed by atoms with Crippen LogP contribution in [0.5, 0.6) is 5.75 Å². The lowest BCUT2D eigenvalue weighted by Crippen LogP contribution is -2.57. The number of hydrogen-bond acceptors (Lipinski definition) is 5. The molecule has 0 bridgehead atoms. The fourth-order valence-electron chi connectivity index (χ4n) is 5.68. The Hall–Kier alpha value is -2.57.